The highest BCUT2D eigenvalue weighted by atomic mass is 16.5. The van der Waals surface area contributed by atoms with Crippen LogP contribution in [0.1, 0.15) is 12.0 Å². The van der Waals surface area contributed by atoms with Crippen molar-refractivity contribution in [1.29, 1.82) is 0 Å². The number of likely N-dealkylation sites (tertiary alicyclic amines) is 1. The summed E-state index contributed by atoms with van der Waals surface area (Å²) in [5.74, 6) is 0.873. The van der Waals surface area contributed by atoms with E-state index in [0.29, 0.717) is 13.1 Å². The number of methoxy groups -OCH3 is 1. The maximum atomic E-state index is 10.8. The lowest BCUT2D eigenvalue weighted by Gasteiger charge is -2.23. The van der Waals surface area contributed by atoms with Crippen LogP contribution < -0.4 is 4.74 Å². The highest BCUT2D eigenvalue weighted by Gasteiger charge is 2.36. The number of hydrogen-bond donors (Lipinski definition) is 1. The van der Waals surface area contributed by atoms with Gasteiger partial charge in [-0.3, -0.25) is 4.90 Å². The molecule has 0 aliphatic carbocycles. The lowest BCUT2D eigenvalue weighted by molar-refractivity contribution is 0.0274. The summed E-state index contributed by atoms with van der Waals surface area (Å²) in [5.41, 5.74) is 0.514. The molecule has 1 aromatic heterocycles. The number of β-amino-alcohol motifs (C(OH)–C–C–N with tert-alkyl or cyclic N) is 1. The van der Waals surface area contributed by atoms with Gasteiger partial charge in [-0.1, -0.05) is 23.4 Å². The fraction of sp³-hybridized carbons (Fsp3) is 0.368. The van der Waals surface area contributed by atoms with E-state index < -0.39 is 5.60 Å². The van der Waals surface area contributed by atoms with Crippen LogP contribution in [0.2, 0.25) is 0 Å². The zero-order chi connectivity index (χ0) is 17.3. The third-order valence-electron chi connectivity index (χ3n) is 4.86. The summed E-state index contributed by atoms with van der Waals surface area (Å²) in [6.07, 6.45) is 4.18. The molecule has 1 fully saturated rings. The van der Waals surface area contributed by atoms with Gasteiger partial charge in [0.05, 0.1) is 25.5 Å². The molecule has 1 aliphatic heterocycles. The Morgan fingerprint density at radius 3 is 2.84 bits per heavy atom. The van der Waals surface area contributed by atoms with E-state index >= 15 is 0 Å². The van der Waals surface area contributed by atoms with Crippen molar-refractivity contribution in [3.63, 3.8) is 0 Å². The van der Waals surface area contributed by atoms with Gasteiger partial charge < -0.3 is 9.84 Å². The summed E-state index contributed by atoms with van der Waals surface area (Å²) in [5, 5.41) is 20.9. The summed E-state index contributed by atoms with van der Waals surface area (Å²) in [6.45, 7) is 2.85. The van der Waals surface area contributed by atoms with Crippen molar-refractivity contribution in [3.8, 4) is 5.75 Å². The number of rotatable bonds is 5. The Morgan fingerprint density at radius 1 is 1.20 bits per heavy atom. The molecule has 0 saturated carbocycles. The van der Waals surface area contributed by atoms with Crippen molar-refractivity contribution in [2.75, 3.05) is 20.2 Å². The minimum atomic E-state index is -0.738. The van der Waals surface area contributed by atoms with Crippen molar-refractivity contribution < 1.29 is 9.84 Å². The molecule has 1 saturated heterocycles. The monoisotopic (exact) mass is 338 g/mol. The van der Waals surface area contributed by atoms with Crippen LogP contribution in [0.5, 0.6) is 5.75 Å². The lowest BCUT2D eigenvalue weighted by Crippen LogP contribution is -2.37. The van der Waals surface area contributed by atoms with E-state index in [1.807, 2.05) is 12.1 Å². The predicted molar refractivity (Wildman–Crippen MR) is 95.4 cm³/mol. The number of aliphatic hydroxyl groups is 1. The zero-order valence-electron chi connectivity index (χ0n) is 14.3. The van der Waals surface area contributed by atoms with Crippen LogP contribution in [-0.4, -0.2) is 50.8 Å². The maximum Gasteiger partial charge on any atom is 0.119 e. The first-order valence-electron chi connectivity index (χ1n) is 8.49. The molecule has 0 amide bonds. The van der Waals surface area contributed by atoms with E-state index in [1.54, 1.807) is 24.2 Å². The minimum absolute atomic E-state index is 0.487. The Kier molecular flexibility index (Phi) is 4.15. The van der Waals surface area contributed by atoms with Crippen LogP contribution in [0.4, 0.5) is 0 Å². The largest absolute Gasteiger partial charge is 0.497 e. The molecule has 25 heavy (non-hydrogen) atoms. The average molecular weight is 338 g/mol. The number of nitrogens with zero attached hydrogens (tertiary/aromatic N) is 4. The molecule has 6 nitrogen and oxygen atoms in total. The van der Waals surface area contributed by atoms with Gasteiger partial charge in [-0.25, -0.2) is 4.68 Å². The van der Waals surface area contributed by atoms with Crippen LogP contribution in [0.25, 0.3) is 10.8 Å². The molecule has 2 aromatic carbocycles. The smallest absolute Gasteiger partial charge is 0.119 e. The molecule has 130 valence electrons. The van der Waals surface area contributed by atoms with Crippen LogP contribution >= 0.6 is 0 Å². The number of ether oxygens (including phenoxy) is 1. The van der Waals surface area contributed by atoms with Crippen molar-refractivity contribution in [3.05, 3.63) is 54.4 Å². The minimum Gasteiger partial charge on any atom is -0.497 e. The zero-order valence-corrected chi connectivity index (χ0v) is 14.3. The first-order valence-corrected chi connectivity index (χ1v) is 8.49. The van der Waals surface area contributed by atoms with Gasteiger partial charge in [-0.05, 0) is 41.0 Å². The molecule has 1 N–H and O–H groups in total. The van der Waals surface area contributed by atoms with Gasteiger partial charge in [0.15, 0.2) is 0 Å². The molecule has 1 unspecified atom stereocenters. The van der Waals surface area contributed by atoms with Gasteiger partial charge in [0.1, 0.15) is 5.75 Å². The third kappa shape index (κ3) is 3.50. The van der Waals surface area contributed by atoms with Gasteiger partial charge in [-0.15, -0.1) is 5.10 Å². The Morgan fingerprint density at radius 2 is 2.04 bits per heavy atom. The molecule has 6 heteroatoms. The second-order valence-electron chi connectivity index (χ2n) is 6.83. The van der Waals surface area contributed by atoms with Crippen LogP contribution in [0.15, 0.2) is 48.8 Å². The highest BCUT2D eigenvalue weighted by molar-refractivity contribution is 5.84. The molecule has 1 aliphatic rings. The maximum absolute atomic E-state index is 10.8. The van der Waals surface area contributed by atoms with Crippen molar-refractivity contribution in [2.24, 2.45) is 0 Å². The number of hydrogen-bond acceptors (Lipinski definition) is 5. The molecular weight excluding hydrogens is 316 g/mol. The van der Waals surface area contributed by atoms with Crippen molar-refractivity contribution in [1.82, 2.24) is 19.9 Å². The Labute approximate surface area is 146 Å². The summed E-state index contributed by atoms with van der Waals surface area (Å²) >= 11 is 0. The van der Waals surface area contributed by atoms with Crippen molar-refractivity contribution in [2.45, 2.75) is 25.1 Å². The topological polar surface area (TPSA) is 63.4 Å². The van der Waals surface area contributed by atoms with Crippen molar-refractivity contribution >= 4 is 10.8 Å². The summed E-state index contributed by atoms with van der Waals surface area (Å²) in [6, 6.07) is 12.6. The number of aromatic nitrogens is 3. The first-order chi connectivity index (χ1) is 12.1. The van der Waals surface area contributed by atoms with E-state index in [2.05, 4.69) is 39.5 Å². The lowest BCUT2D eigenvalue weighted by atomic mass is 10.0. The summed E-state index contributed by atoms with van der Waals surface area (Å²) < 4.78 is 6.98. The Balaban J connectivity index is 1.44. The number of fused-ring (bicyclic) bond motifs is 1. The van der Waals surface area contributed by atoms with Gasteiger partial charge in [0.2, 0.25) is 0 Å². The van der Waals surface area contributed by atoms with E-state index in [0.717, 1.165) is 25.3 Å². The van der Waals surface area contributed by atoms with Gasteiger partial charge >= 0.3 is 0 Å². The van der Waals surface area contributed by atoms with E-state index in [9.17, 15) is 5.11 Å². The molecule has 0 spiro atoms. The van der Waals surface area contributed by atoms with E-state index in [4.69, 9.17) is 4.74 Å². The second-order valence-corrected chi connectivity index (χ2v) is 6.83. The van der Waals surface area contributed by atoms with Crippen LogP contribution in [-0.2, 0) is 13.1 Å². The Hall–Kier alpha value is -2.44. The molecule has 0 bridgehead atoms. The van der Waals surface area contributed by atoms with Crippen LogP contribution in [0.3, 0.4) is 0 Å². The normalized spacial score (nSPS) is 21.0. The fourth-order valence-corrected chi connectivity index (χ4v) is 3.58. The summed E-state index contributed by atoms with van der Waals surface area (Å²) in [4.78, 5) is 2.29. The molecule has 3 aromatic rings. The molecular formula is C19H22N4O2. The standard InChI is InChI=1S/C19H22N4O2/c1-25-18-5-4-16-10-15(2-3-17(16)11-18)12-22-8-6-19(24,13-22)14-23-9-7-20-21-23/h2-5,7,9-11,24H,6,8,12-14H2,1H3. The molecule has 4 rings (SSSR count). The van der Waals surface area contributed by atoms with Gasteiger partial charge in [0.25, 0.3) is 0 Å². The second kappa shape index (κ2) is 6.46. The third-order valence-corrected chi connectivity index (χ3v) is 4.86. The fourth-order valence-electron chi connectivity index (χ4n) is 3.58. The molecule has 1 atom stereocenters. The predicted octanol–water partition coefficient (Wildman–Crippen LogP) is 2.08. The summed E-state index contributed by atoms with van der Waals surface area (Å²) in [7, 11) is 1.68. The SMILES string of the molecule is COc1ccc2cc(CN3CCC(O)(Cn4ccnn4)C3)ccc2c1. The van der Waals surface area contributed by atoms with E-state index in [1.165, 1.54) is 16.3 Å². The highest BCUT2D eigenvalue weighted by Crippen LogP contribution is 2.26. The van der Waals surface area contributed by atoms with Gasteiger partial charge in [-0.2, -0.15) is 0 Å². The quantitative estimate of drug-likeness (QED) is 0.772. The molecule has 2 heterocycles. The molecule has 0 radical (unpaired) electrons. The van der Waals surface area contributed by atoms with Crippen LogP contribution in [0, 0.1) is 0 Å². The Bertz CT molecular complexity index is 865. The average Bonchev–Trinajstić information content (AvgIpc) is 3.24. The van der Waals surface area contributed by atoms with Gasteiger partial charge in [0, 0.05) is 25.8 Å². The number of benzene rings is 2. The first kappa shape index (κ1) is 16.1. The van der Waals surface area contributed by atoms with E-state index in [-0.39, 0.29) is 0 Å².